The van der Waals surface area contributed by atoms with Crippen LogP contribution in [-0.2, 0) is 4.74 Å². The molecule has 7 heteroatoms. The summed E-state index contributed by atoms with van der Waals surface area (Å²) in [7, 11) is 0. The van der Waals surface area contributed by atoms with Crippen molar-refractivity contribution in [2.45, 2.75) is 45.5 Å². The Balaban J connectivity index is 2.92. The highest BCUT2D eigenvalue weighted by Crippen LogP contribution is 2.23. The number of nitrogens with zero attached hydrogens (tertiary/aromatic N) is 2. The van der Waals surface area contributed by atoms with Gasteiger partial charge >= 0.3 is 12.3 Å². The minimum Gasteiger partial charge on any atom is -0.437 e. The van der Waals surface area contributed by atoms with Crippen LogP contribution in [0.3, 0.4) is 0 Å². The Morgan fingerprint density at radius 3 is 2.37 bits per heavy atom. The lowest BCUT2D eigenvalue weighted by molar-refractivity contribution is -0.200. The molecule has 0 radical (unpaired) electrons. The van der Waals surface area contributed by atoms with E-state index in [0.29, 0.717) is 11.8 Å². The van der Waals surface area contributed by atoms with Crippen LogP contribution in [0.1, 0.15) is 33.2 Å². The minimum absolute atomic E-state index is 0.316. The normalized spacial score (nSPS) is 31.5. The van der Waals surface area contributed by atoms with Gasteiger partial charge in [-0.1, -0.05) is 0 Å². The van der Waals surface area contributed by atoms with Gasteiger partial charge in [0.25, 0.3) is 0 Å². The number of piperazine rings is 1. The summed E-state index contributed by atoms with van der Waals surface area (Å²) in [6.45, 7) is 1.34. The third-order valence-electron chi connectivity index (χ3n) is 2.54. The summed E-state index contributed by atoms with van der Waals surface area (Å²) in [4.78, 5) is 13.8. The van der Waals surface area contributed by atoms with E-state index >= 15 is 0 Å². The lowest BCUT2D eigenvalue weighted by Gasteiger charge is -2.42. The molecule has 0 N–H and O–H groups in total. The van der Waals surface area contributed by atoms with Crippen molar-refractivity contribution in [1.82, 2.24) is 9.80 Å². The second-order valence-corrected chi connectivity index (χ2v) is 5.18. The highest BCUT2D eigenvalue weighted by molar-refractivity contribution is 5.68. The van der Waals surface area contributed by atoms with E-state index in [1.54, 1.807) is 20.8 Å². The number of halogens is 3. The van der Waals surface area contributed by atoms with E-state index in [1.807, 2.05) is 0 Å². The van der Waals surface area contributed by atoms with Crippen LogP contribution in [0.2, 0.25) is 0 Å². The molecular weight excluding hydrogens is 261 g/mol. The predicted molar refractivity (Wildman–Crippen MR) is 64.9 cm³/mol. The Hall–Kier alpha value is -0.980. The lowest BCUT2D eigenvalue weighted by Crippen LogP contribution is -2.55. The van der Waals surface area contributed by atoms with Crippen molar-refractivity contribution in [2.24, 2.45) is 0 Å². The Morgan fingerprint density at radius 2 is 1.95 bits per heavy atom. The van der Waals surface area contributed by atoms with Crippen molar-refractivity contribution in [2.75, 3.05) is 26.1 Å². The summed E-state index contributed by atoms with van der Waals surface area (Å²) in [6.07, 6.45) is -9.97. The molecule has 19 heavy (non-hydrogen) atoms. The molecule has 112 valence electrons. The smallest absolute Gasteiger partial charge is 0.425 e. The second-order valence-electron chi connectivity index (χ2n) is 5.18. The van der Waals surface area contributed by atoms with Gasteiger partial charge in [-0.2, -0.15) is 13.2 Å². The van der Waals surface area contributed by atoms with Gasteiger partial charge in [-0.25, -0.2) is 4.79 Å². The minimum atomic E-state index is -5.07. The maximum absolute atomic E-state index is 12.6. The van der Waals surface area contributed by atoms with E-state index in [0.717, 1.165) is 0 Å². The fourth-order valence-corrected chi connectivity index (χ4v) is 1.37. The molecule has 1 amide bonds. The van der Waals surface area contributed by atoms with Gasteiger partial charge in [0.2, 0.25) is 0 Å². The molecule has 1 aliphatic rings. The molecule has 0 aliphatic carbocycles. The van der Waals surface area contributed by atoms with Crippen molar-refractivity contribution in [3.63, 3.8) is 0 Å². The van der Waals surface area contributed by atoms with Crippen LogP contribution in [0, 0.1) is 0 Å². The maximum Gasteiger partial charge on any atom is 0.425 e. The van der Waals surface area contributed by atoms with Gasteiger partial charge in [-0.15, -0.1) is 0 Å². The predicted octanol–water partition coefficient (Wildman–Crippen LogP) is 2.49. The number of amides is 1. The molecule has 1 aliphatic heterocycles. The molecule has 1 saturated heterocycles. The van der Waals surface area contributed by atoms with Crippen LogP contribution in [0.25, 0.3) is 0 Å². The molecule has 1 heterocycles. The summed E-state index contributed by atoms with van der Waals surface area (Å²) in [5, 5.41) is 0. The first-order valence-corrected chi connectivity index (χ1v) is 5.75. The van der Waals surface area contributed by atoms with Crippen molar-refractivity contribution >= 4 is 6.09 Å². The molecule has 0 aromatic rings. The van der Waals surface area contributed by atoms with Crippen LogP contribution < -0.4 is 0 Å². The maximum atomic E-state index is 12.6. The number of hydrogen-bond donors (Lipinski definition) is 0. The molecule has 1 rings (SSSR count). The van der Waals surface area contributed by atoms with E-state index in [4.69, 9.17) is 5.48 Å². The third kappa shape index (κ3) is 4.56. The van der Waals surface area contributed by atoms with Gasteiger partial charge < -0.3 is 9.64 Å². The molecule has 1 fully saturated rings. The monoisotopic (exact) mass is 286 g/mol. The summed E-state index contributed by atoms with van der Waals surface area (Å²) in [5.41, 5.74) is -0.707. The molecular formula is C12H21F3N2O2. The van der Waals surface area contributed by atoms with Crippen molar-refractivity contribution in [3.05, 3.63) is 0 Å². The van der Waals surface area contributed by atoms with Gasteiger partial charge in [-0.3, -0.25) is 4.90 Å². The van der Waals surface area contributed by atoms with E-state index in [1.165, 1.54) is 4.90 Å². The molecule has 0 spiro atoms. The zero-order chi connectivity index (χ0) is 18.4. The zero-order valence-electron chi connectivity index (χ0n) is 15.3. The Morgan fingerprint density at radius 1 is 1.37 bits per heavy atom. The Kier molecular flexibility index (Phi) is 3.15. The number of ether oxygens (including phenoxy) is 1. The Bertz CT molecular complexity index is 466. The fraction of sp³-hybridized carbons (Fsp3) is 0.917. The molecule has 4 nitrogen and oxygen atoms in total. The largest absolute Gasteiger partial charge is 0.437 e. The van der Waals surface area contributed by atoms with Gasteiger partial charge in [0.1, 0.15) is 0 Å². The topological polar surface area (TPSA) is 32.8 Å². The van der Waals surface area contributed by atoms with E-state index in [-0.39, 0.29) is 6.54 Å². The number of rotatable bonds is 1. The quantitative estimate of drug-likeness (QED) is 0.742. The van der Waals surface area contributed by atoms with E-state index in [9.17, 15) is 18.0 Å². The van der Waals surface area contributed by atoms with Gasteiger partial charge in [0.05, 0.1) is 1.37 Å². The highest BCUT2D eigenvalue weighted by Gasteiger charge is 2.40. The van der Waals surface area contributed by atoms with Crippen molar-refractivity contribution in [3.8, 4) is 0 Å². The van der Waals surface area contributed by atoms with Crippen molar-refractivity contribution in [1.29, 1.82) is 0 Å². The molecule has 0 saturated carbocycles. The first kappa shape index (κ1) is 10.8. The third-order valence-corrected chi connectivity index (χ3v) is 2.54. The van der Waals surface area contributed by atoms with Crippen LogP contribution in [0.4, 0.5) is 18.0 Å². The summed E-state index contributed by atoms with van der Waals surface area (Å²) in [6, 6.07) is 0. The molecule has 2 atom stereocenters. The SMILES string of the molecule is [2H]C1CN(C(=O)OC([2H])(C)C(F)(F)F)CC([2H])([2H])N1C(C)(C)C. The fourth-order valence-electron chi connectivity index (χ4n) is 1.37. The summed E-state index contributed by atoms with van der Waals surface area (Å²) in [5.74, 6) is 0. The number of carbonyl (C=O) groups excluding carboxylic acids is 1. The van der Waals surface area contributed by atoms with Crippen molar-refractivity contribution < 1.29 is 28.2 Å². The lowest BCUT2D eigenvalue weighted by atomic mass is 10.1. The van der Waals surface area contributed by atoms with Gasteiger partial charge in [0, 0.05) is 35.8 Å². The first-order valence-electron chi connectivity index (χ1n) is 7.83. The number of alkyl halides is 3. The Labute approximate surface area is 117 Å². The van der Waals surface area contributed by atoms with Crippen LogP contribution >= 0.6 is 0 Å². The van der Waals surface area contributed by atoms with Crippen LogP contribution in [0.15, 0.2) is 0 Å². The van der Waals surface area contributed by atoms with E-state index < -0.39 is 43.5 Å². The summed E-state index contributed by atoms with van der Waals surface area (Å²) >= 11 is 0. The zero-order valence-corrected chi connectivity index (χ0v) is 11.3. The van der Waals surface area contributed by atoms with Crippen LogP contribution in [-0.4, -0.2) is 59.8 Å². The standard InChI is InChI=1S/C12H21F3N2O2/c1-9(12(13,14)15)19-10(18)16-5-7-17(8-6-16)11(2,3)4/h9H,5-8H2,1-4H3/i7D,8D2,9D. The average molecular weight is 286 g/mol. The van der Waals surface area contributed by atoms with Gasteiger partial charge in [0.15, 0.2) is 6.08 Å². The molecule has 0 bridgehead atoms. The number of hydrogen-bond acceptors (Lipinski definition) is 3. The number of carbonyl (C=O) groups is 1. The molecule has 0 aromatic heterocycles. The van der Waals surface area contributed by atoms with Crippen LogP contribution in [0.5, 0.6) is 0 Å². The summed E-state index contributed by atoms with van der Waals surface area (Å²) < 4.78 is 73.0. The average Bonchev–Trinajstić information content (AvgIpc) is 2.21. The highest BCUT2D eigenvalue weighted by atomic mass is 19.4. The molecule has 2 unspecified atom stereocenters. The van der Waals surface area contributed by atoms with Gasteiger partial charge in [-0.05, 0) is 27.7 Å². The first-order chi connectivity index (χ1) is 9.99. The second kappa shape index (κ2) is 5.56. The van der Waals surface area contributed by atoms with E-state index in [2.05, 4.69) is 4.74 Å². The molecule has 0 aromatic carbocycles.